The normalized spacial score (nSPS) is 23.0. The summed E-state index contributed by atoms with van der Waals surface area (Å²) in [6.07, 6.45) is 1.63. The van der Waals surface area contributed by atoms with Crippen LogP contribution in [0, 0.1) is 0 Å². The molecule has 1 aliphatic rings. The van der Waals surface area contributed by atoms with Gasteiger partial charge in [0.2, 0.25) is 0 Å². The van der Waals surface area contributed by atoms with E-state index in [0.29, 0.717) is 19.8 Å². The van der Waals surface area contributed by atoms with E-state index in [4.69, 9.17) is 14.2 Å². The standard InChI is InChI=1S/C20H22O4/c21-18-11-12-23-19(15-22-13-16-7-3-1-4-8-16)20(18)24-14-17-9-5-2-6-10-17/h1-12,18-21H,13-15H2/t18-,19+,20-/m0/s1. The van der Waals surface area contributed by atoms with Gasteiger partial charge in [-0.2, -0.15) is 0 Å². The number of aliphatic hydroxyl groups excluding tert-OH is 1. The maximum Gasteiger partial charge on any atom is 0.150 e. The SMILES string of the molecule is O[C@H]1C=CO[C@H](COCc2ccccc2)[C@H]1OCc1ccccc1. The van der Waals surface area contributed by atoms with E-state index < -0.39 is 12.2 Å². The predicted molar refractivity (Wildman–Crippen MR) is 91.1 cm³/mol. The minimum absolute atomic E-state index is 0.336. The number of rotatable bonds is 7. The van der Waals surface area contributed by atoms with E-state index in [1.165, 1.54) is 6.26 Å². The molecule has 1 N–H and O–H groups in total. The summed E-state index contributed by atoms with van der Waals surface area (Å²) in [5.41, 5.74) is 2.16. The lowest BCUT2D eigenvalue weighted by Gasteiger charge is -2.32. The van der Waals surface area contributed by atoms with E-state index in [-0.39, 0.29) is 6.10 Å². The molecule has 4 nitrogen and oxygen atoms in total. The van der Waals surface area contributed by atoms with E-state index >= 15 is 0 Å². The van der Waals surface area contributed by atoms with Crippen molar-refractivity contribution in [3.8, 4) is 0 Å². The summed E-state index contributed by atoms with van der Waals surface area (Å²) < 4.78 is 17.2. The molecule has 0 unspecified atom stereocenters. The van der Waals surface area contributed by atoms with Gasteiger partial charge in [-0.25, -0.2) is 0 Å². The van der Waals surface area contributed by atoms with Gasteiger partial charge in [0.15, 0.2) is 0 Å². The summed E-state index contributed by atoms with van der Waals surface area (Å²) in [4.78, 5) is 0. The fraction of sp³-hybridized carbons (Fsp3) is 0.300. The molecule has 3 rings (SSSR count). The zero-order valence-corrected chi connectivity index (χ0v) is 13.5. The Balaban J connectivity index is 1.53. The van der Waals surface area contributed by atoms with E-state index in [1.54, 1.807) is 6.08 Å². The molecule has 2 aromatic carbocycles. The van der Waals surface area contributed by atoms with Gasteiger partial charge in [0, 0.05) is 0 Å². The van der Waals surface area contributed by atoms with Crippen LogP contribution in [0.15, 0.2) is 73.0 Å². The molecule has 126 valence electrons. The second-order valence-electron chi connectivity index (χ2n) is 5.76. The second-order valence-corrected chi connectivity index (χ2v) is 5.76. The van der Waals surface area contributed by atoms with Crippen LogP contribution in [-0.2, 0) is 27.4 Å². The average Bonchev–Trinajstić information content (AvgIpc) is 2.63. The fourth-order valence-corrected chi connectivity index (χ4v) is 2.61. The molecular formula is C20H22O4. The van der Waals surface area contributed by atoms with Crippen molar-refractivity contribution in [2.45, 2.75) is 31.5 Å². The van der Waals surface area contributed by atoms with Crippen molar-refractivity contribution in [2.75, 3.05) is 6.61 Å². The molecular weight excluding hydrogens is 304 g/mol. The molecule has 3 atom stereocenters. The van der Waals surface area contributed by atoms with Crippen molar-refractivity contribution in [1.29, 1.82) is 0 Å². The Bertz CT molecular complexity index is 627. The van der Waals surface area contributed by atoms with E-state index in [1.807, 2.05) is 60.7 Å². The van der Waals surface area contributed by atoms with Gasteiger partial charge < -0.3 is 19.3 Å². The van der Waals surface area contributed by atoms with Gasteiger partial charge in [0.25, 0.3) is 0 Å². The highest BCUT2D eigenvalue weighted by Crippen LogP contribution is 2.19. The van der Waals surface area contributed by atoms with Crippen molar-refractivity contribution in [3.05, 3.63) is 84.1 Å². The third-order valence-electron chi connectivity index (χ3n) is 3.91. The molecule has 2 aromatic rings. The Hall–Kier alpha value is -2.14. The monoisotopic (exact) mass is 326 g/mol. The highest BCUT2D eigenvalue weighted by Gasteiger charge is 2.32. The zero-order chi connectivity index (χ0) is 16.6. The second kappa shape index (κ2) is 8.64. The molecule has 0 radical (unpaired) electrons. The Morgan fingerprint density at radius 2 is 1.50 bits per heavy atom. The first-order chi connectivity index (χ1) is 11.8. The fourth-order valence-electron chi connectivity index (χ4n) is 2.61. The van der Waals surface area contributed by atoms with Crippen LogP contribution in [0.4, 0.5) is 0 Å². The summed E-state index contributed by atoms with van der Waals surface area (Å²) in [6.45, 7) is 1.29. The van der Waals surface area contributed by atoms with Gasteiger partial charge in [0.1, 0.15) is 18.3 Å². The van der Waals surface area contributed by atoms with Crippen molar-refractivity contribution in [2.24, 2.45) is 0 Å². The van der Waals surface area contributed by atoms with Gasteiger partial charge >= 0.3 is 0 Å². The van der Waals surface area contributed by atoms with Gasteiger partial charge in [-0.3, -0.25) is 0 Å². The molecule has 1 aliphatic heterocycles. The third-order valence-corrected chi connectivity index (χ3v) is 3.91. The average molecular weight is 326 g/mol. The van der Waals surface area contributed by atoms with Crippen LogP contribution < -0.4 is 0 Å². The first-order valence-electron chi connectivity index (χ1n) is 8.10. The summed E-state index contributed by atoms with van der Waals surface area (Å²) in [5, 5.41) is 10.2. The largest absolute Gasteiger partial charge is 0.493 e. The zero-order valence-electron chi connectivity index (χ0n) is 13.5. The summed E-state index contributed by atoms with van der Waals surface area (Å²) in [6, 6.07) is 19.8. The molecule has 0 saturated heterocycles. The maximum absolute atomic E-state index is 10.2. The number of aliphatic hydroxyl groups is 1. The molecule has 0 bridgehead atoms. The number of hydrogen-bond acceptors (Lipinski definition) is 4. The minimum atomic E-state index is -0.701. The van der Waals surface area contributed by atoms with Crippen LogP contribution in [0.1, 0.15) is 11.1 Å². The lowest BCUT2D eigenvalue weighted by molar-refractivity contribution is -0.130. The molecule has 0 aromatic heterocycles. The van der Waals surface area contributed by atoms with Gasteiger partial charge in [-0.15, -0.1) is 0 Å². The Morgan fingerprint density at radius 3 is 2.17 bits per heavy atom. The smallest absolute Gasteiger partial charge is 0.150 e. The first kappa shape index (κ1) is 16.7. The number of ether oxygens (including phenoxy) is 3. The molecule has 0 spiro atoms. The van der Waals surface area contributed by atoms with Crippen molar-refractivity contribution in [3.63, 3.8) is 0 Å². The Labute approximate surface area is 142 Å². The maximum atomic E-state index is 10.2. The number of hydrogen-bond donors (Lipinski definition) is 1. The van der Waals surface area contributed by atoms with Gasteiger partial charge in [0.05, 0.1) is 26.1 Å². The highest BCUT2D eigenvalue weighted by atomic mass is 16.6. The summed E-state index contributed by atoms with van der Waals surface area (Å²) >= 11 is 0. The summed E-state index contributed by atoms with van der Waals surface area (Å²) in [7, 11) is 0. The lowest BCUT2D eigenvalue weighted by atomic mass is 10.1. The van der Waals surface area contributed by atoms with Crippen molar-refractivity contribution < 1.29 is 19.3 Å². The topological polar surface area (TPSA) is 47.9 Å². The molecule has 24 heavy (non-hydrogen) atoms. The first-order valence-corrected chi connectivity index (χ1v) is 8.10. The molecule has 1 heterocycles. The molecule has 0 amide bonds. The van der Waals surface area contributed by atoms with Crippen LogP contribution in [0.2, 0.25) is 0 Å². The van der Waals surface area contributed by atoms with Crippen LogP contribution in [0.25, 0.3) is 0 Å². The van der Waals surface area contributed by atoms with Crippen LogP contribution >= 0.6 is 0 Å². The summed E-state index contributed by atoms with van der Waals surface area (Å²) in [5.74, 6) is 0. The minimum Gasteiger partial charge on any atom is -0.493 e. The van der Waals surface area contributed by atoms with E-state index in [0.717, 1.165) is 11.1 Å². The van der Waals surface area contributed by atoms with Gasteiger partial charge in [-0.05, 0) is 17.2 Å². The highest BCUT2D eigenvalue weighted by molar-refractivity contribution is 5.14. The van der Waals surface area contributed by atoms with E-state index in [9.17, 15) is 5.11 Å². The molecule has 0 saturated carbocycles. The van der Waals surface area contributed by atoms with Gasteiger partial charge in [-0.1, -0.05) is 60.7 Å². The Kier molecular flexibility index (Phi) is 6.01. The molecule has 4 heteroatoms. The van der Waals surface area contributed by atoms with Crippen LogP contribution in [0.5, 0.6) is 0 Å². The Morgan fingerprint density at radius 1 is 0.875 bits per heavy atom. The predicted octanol–water partition coefficient (Wildman–Crippen LogP) is 3.06. The van der Waals surface area contributed by atoms with Crippen molar-refractivity contribution in [1.82, 2.24) is 0 Å². The van der Waals surface area contributed by atoms with Crippen LogP contribution in [-0.4, -0.2) is 30.0 Å². The molecule has 0 fully saturated rings. The third kappa shape index (κ3) is 4.68. The lowest BCUT2D eigenvalue weighted by Crippen LogP contribution is -2.44. The van der Waals surface area contributed by atoms with Crippen LogP contribution in [0.3, 0.4) is 0 Å². The van der Waals surface area contributed by atoms with Crippen molar-refractivity contribution >= 4 is 0 Å². The number of benzene rings is 2. The molecule has 0 aliphatic carbocycles. The van der Waals surface area contributed by atoms with E-state index in [2.05, 4.69) is 0 Å². The quantitative estimate of drug-likeness (QED) is 0.849.